The molecule has 2 nitrogen and oxygen atoms in total. The van der Waals surface area contributed by atoms with Crippen molar-refractivity contribution in [2.45, 2.75) is 11.8 Å². The van der Waals surface area contributed by atoms with Crippen molar-refractivity contribution in [1.29, 1.82) is 0 Å². The van der Waals surface area contributed by atoms with Crippen LogP contribution in [-0.2, 0) is 14.9 Å². The molecule has 0 radical (unpaired) electrons. The number of rotatable bonds is 7. The first-order valence-corrected chi connectivity index (χ1v) is 9.19. The van der Waals surface area contributed by atoms with Crippen LogP contribution in [0.3, 0.4) is 0 Å². The van der Waals surface area contributed by atoms with E-state index >= 15 is 0 Å². The van der Waals surface area contributed by atoms with E-state index in [2.05, 4.69) is 45.3 Å². The van der Waals surface area contributed by atoms with Gasteiger partial charge in [0.2, 0.25) is 0 Å². The molecule has 0 aliphatic rings. The Morgan fingerprint density at radius 1 is 0.769 bits per heavy atom. The lowest BCUT2D eigenvalue weighted by atomic mass is 9.67. The van der Waals surface area contributed by atoms with Crippen molar-refractivity contribution >= 4 is 20.6 Å². The molecule has 0 atom stereocenters. The maximum Gasteiger partial charge on any atom is 0.334 e. The van der Waals surface area contributed by atoms with Gasteiger partial charge in [-0.1, -0.05) is 91.0 Å². The number of benzene rings is 3. The first-order chi connectivity index (χ1) is 12.8. The van der Waals surface area contributed by atoms with Gasteiger partial charge in [0.1, 0.15) is 0 Å². The Bertz CT molecular complexity index is 748. The minimum absolute atomic E-state index is 0.318. The summed E-state index contributed by atoms with van der Waals surface area (Å²) in [4.78, 5) is 11.6. The average Bonchev–Trinajstić information content (AvgIpc) is 2.73. The maximum absolute atomic E-state index is 11.6. The third-order valence-corrected chi connectivity index (χ3v) is 4.87. The Hall–Kier alpha value is -2.70. The fourth-order valence-electron chi connectivity index (χ4n) is 3.45. The largest absolute Gasteiger partial charge is 0.462 e. The molecule has 26 heavy (non-hydrogen) atoms. The molecular formula is C23H21O2P. The van der Waals surface area contributed by atoms with Crippen LogP contribution in [0.1, 0.15) is 23.1 Å². The van der Waals surface area contributed by atoms with Crippen LogP contribution in [0.4, 0.5) is 0 Å². The Morgan fingerprint density at radius 2 is 1.15 bits per heavy atom. The van der Waals surface area contributed by atoms with E-state index in [0.29, 0.717) is 13.0 Å². The van der Waals surface area contributed by atoms with E-state index in [-0.39, 0.29) is 5.97 Å². The average molecular weight is 360 g/mol. The highest BCUT2D eigenvalue weighted by Gasteiger charge is 2.36. The van der Waals surface area contributed by atoms with Crippen LogP contribution in [0, 0.1) is 0 Å². The van der Waals surface area contributed by atoms with Gasteiger partial charge in [-0.25, -0.2) is 4.79 Å². The molecule has 0 aliphatic heterocycles. The molecule has 0 aromatic heterocycles. The summed E-state index contributed by atoms with van der Waals surface area (Å²) < 4.78 is 5.37. The number of hydrogen-bond donors (Lipinski definition) is 0. The van der Waals surface area contributed by atoms with Gasteiger partial charge >= 0.3 is 5.97 Å². The minimum Gasteiger partial charge on any atom is -0.462 e. The molecular weight excluding hydrogens is 339 g/mol. The molecule has 3 rings (SSSR count). The Labute approximate surface area is 156 Å². The van der Waals surface area contributed by atoms with Gasteiger partial charge in [-0.05, 0) is 23.1 Å². The third-order valence-electron chi connectivity index (χ3n) is 4.64. The van der Waals surface area contributed by atoms with Gasteiger partial charge in [-0.2, -0.15) is 0 Å². The van der Waals surface area contributed by atoms with Gasteiger partial charge < -0.3 is 4.74 Å². The normalized spacial score (nSPS) is 10.9. The highest BCUT2D eigenvalue weighted by molar-refractivity contribution is 7.21. The molecule has 0 spiro atoms. The molecule has 3 aromatic carbocycles. The van der Waals surface area contributed by atoms with E-state index < -0.39 is 5.41 Å². The number of ether oxygens (including phenoxy) is 1. The molecule has 0 bridgehead atoms. The molecule has 3 heteroatoms. The van der Waals surface area contributed by atoms with Crippen LogP contribution in [0.15, 0.2) is 91.0 Å². The highest BCUT2D eigenvalue weighted by Crippen LogP contribution is 2.42. The van der Waals surface area contributed by atoms with Gasteiger partial charge in [0.15, 0.2) is 0 Å². The molecule has 0 unspecified atom stereocenters. The molecule has 0 heterocycles. The summed E-state index contributed by atoms with van der Waals surface area (Å²) in [5, 5.41) is 0. The third kappa shape index (κ3) is 3.76. The fourth-order valence-corrected chi connectivity index (χ4v) is 3.53. The van der Waals surface area contributed by atoms with Crippen molar-refractivity contribution in [3.8, 4) is 0 Å². The quantitative estimate of drug-likeness (QED) is 0.340. The predicted molar refractivity (Wildman–Crippen MR) is 109 cm³/mol. The predicted octanol–water partition coefficient (Wildman–Crippen LogP) is 4.90. The molecule has 0 amide bonds. The van der Waals surface area contributed by atoms with Gasteiger partial charge in [0, 0.05) is 11.2 Å². The van der Waals surface area contributed by atoms with Crippen LogP contribution in [-0.4, -0.2) is 18.4 Å². The molecule has 0 aliphatic carbocycles. The summed E-state index contributed by atoms with van der Waals surface area (Å²) in [7, 11) is 3.08. The summed E-state index contributed by atoms with van der Waals surface area (Å²) in [6, 6.07) is 31.2. The lowest BCUT2D eigenvalue weighted by Gasteiger charge is -2.36. The van der Waals surface area contributed by atoms with Crippen LogP contribution < -0.4 is 0 Å². The van der Waals surface area contributed by atoms with Gasteiger partial charge in [0.05, 0.1) is 6.61 Å². The van der Waals surface area contributed by atoms with Crippen molar-refractivity contribution in [2.24, 2.45) is 0 Å². The Morgan fingerprint density at radius 3 is 1.50 bits per heavy atom. The second kappa shape index (κ2) is 8.60. The molecule has 0 fully saturated rings. The summed E-state index contributed by atoms with van der Waals surface area (Å²) in [5.41, 5.74) is 3.14. The van der Waals surface area contributed by atoms with Crippen molar-refractivity contribution in [3.63, 3.8) is 0 Å². The Balaban J connectivity index is 2.14. The second-order valence-electron chi connectivity index (χ2n) is 6.07. The van der Waals surface area contributed by atoms with E-state index in [1.807, 2.05) is 54.6 Å². The molecule has 3 aromatic rings. The van der Waals surface area contributed by atoms with Crippen molar-refractivity contribution in [3.05, 3.63) is 108 Å². The zero-order valence-electron chi connectivity index (χ0n) is 14.5. The van der Waals surface area contributed by atoms with Gasteiger partial charge in [-0.15, -0.1) is 8.86 Å². The first-order valence-electron chi connectivity index (χ1n) is 8.61. The smallest absolute Gasteiger partial charge is 0.334 e. The summed E-state index contributed by atoms with van der Waals surface area (Å²) in [5.74, 6) is 0.889. The molecule has 0 saturated heterocycles. The van der Waals surface area contributed by atoms with Crippen LogP contribution in [0.2, 0.25) is 0 Å². The number of esters is 1. The van der Waals surface area contributed by atoms with Crippen LogP contribution in [0.5, 0.6) is 0 Å². The van der Waals surface area contributed by atoms with Crippen LogP contribution in [0.25, 0.3) is 0 Å². The zero-order valence-corrected chi connectivity index (χ0v) is 15.5. The number of hydrogen-bond acceptors (Lipinski definition) is 2. The second-order valence-corrected chi connectivity index (χ2v) is 6.35. The SMILES string of the molecule is O=C(C=P)OCCC(c1ccccc1)(c1ccccc1)c1ccccc1. The van der Waals surface area contributed by atoms with Crippen molar-refractivity contribution in [2.75, 3.05) is 6.61 Å². The van der Waals surface area contributed by atoms with Gasteiger partial charge in [-0.3, -0.25) is 0 Å². The summed E-state index contributed by atoms with van der Waals surface area (Å²) >= 11 is 0. The van der Waals surface area contributed by atoms with Crippen molar-refractivity contribution in [1.82, 2.24) is 0 Å². The monoisotopic (exact) mass is 360 g/mol. The fraction of sp³-hybridized carbons (Fsp3) is 0.130. The zero-order chi connectivity index (χ0) is 18.2. The van der Waals surface area contributed by atoms with Crippen molar-refractivity contribution < 1.29 is 9.53 Å². The van der Waals surface area contributed by atoms with E-state index in [1.165, 1.54) is 22.5 Å². The topological polar surface area (TPSA) is 26.3 Å². The standard InChI is InChI=1S/C23H21O2P/c24-22(18-26)25-17-16-23(19-10-4-1-5-11-19,20-12-6-2-7-13-20)21-14-8-3-9-15-21/h1-15,18,26H,16-17H2. The lowest BCUT2D eigenvalue weighted by Crippen LogP contribution is -2.31. The maximum atomic E-state index is 11.6. The Kier molecular flexibility index (Phi) is 5.99. The molecule has 0 N–H and O–H groups in total. The number of carbonyl (C=O) groups excluding carboxylic acids is 1. The summed E-state index contributed by atoms with van der Waals surface area (Å²) in [6.07, 6.45) is 0.650. The summed E-state index contributed by atoms with van der Waals surface area (Å²) in [6.45, 7) is 0.318. The van der Waals surface area contributed by atoms with E-state index in [9.17, 15) is 4.79 Å². The lowest BCUT2D eigenvalue weighted by molar-refractivity contribution is -0.135. The van der Waals surface area contributed by atoms with E-state index in [0.717, 1.165) is 0 Å². The first kappa shape index (κ1) is 18.1. The minimum atomic E-state index is -0.393. The highest BCUT2D eigenvalue weighted by atomic mass is 31.0. The molecule has 130 valence electrons. The van der Waals surface area contributed by atoms with Gasteiger partial charge in [0.25, 0.3) is 0 Å². The van der Waals surface area contributed by atoms with E-state index in [1.54, 1.807) is 0 Å². The molecule has 0 saturated carbocycles. The number of carbonyl (C=O) groups is 1. The van der Waals surface area contributed by atoms with E-state index in [4.69, 9.17) is 4.74 Å². The van der Waals surface area contributed by atoms with Crippen LogP contribution >= 0.6 is 8.86 Å².